The number of rotatable bonds is 3. The van der Waals surface area contributed by atoms with Gasteiger partial charge in [-0.1, -0.05) is 68.3 Å². The standard InChI is InChI=1S/C10H10.C9H8N2/c1-3-9-7-5-6-8-10(9)4-2;1-2-11-7-10-8-5-3-4-6-9(8)11/h3-8H,1-2H2;2-7H,1H2. The molecule has 1 aromatic heterocycles. The van der Waals surface area contributed by atoms with Crippen molar-refractivity contribution in [2.45, 2.75) is 0 Å². The SMILES string of the molecule is C=Cc1ccccc1C=C.C=Cn1cnc2ccccc21. The molecule has 0 saturated carbocycles. The van der Waals surface area contributed by atoms with Crippen molar-refractivity contribution in [1.29, 1.82) is 0 Å². The van der Waals surface area contributed by atoms with Gasteiger partial charge in [0.05, 0.1) is 17.4 Å². The third-order valence-corrected chi connectivity index (χ3v) is 3.11. The molecule has 2 aromatic carbocycles. The van der Waals surface area contributed by atoms with Crippen LogP contribution in [0.1, 0.15) is 11.1 Å². The lowest BCUT2D eigenvalue weighted by Crippen LogP contribution is -1.79. The van der Waals surface area contributed by atoms with Gasteiger partial charge in [0.25, 0.3) is 0 Å². The van der Waals surface area contributed by atoms with Gasteiger partial charge < -0.3 is 4.57 Å². The fourth-order valence-corrected chi connectivity index (χ4v) is 2.01. The molecule has 0 saturated heterocycles. The van der Waals surface area contributed by atoms with Crippen molar-refractivity contribution in [3.63, 3.8) is 0 Å². The van der Waals surface area contributed by atoms with Crippen LogP contribution in [0.2, 0.25) is 0 Å². The smallest absolute Gasteiger partial charge is 0.0999 e. The molecule has 0 aliphatic carbocycles. The summed E-state index contributed by atoms with van der Waals surface area (Å²) in [7, 11) is 0. The minimum absolute atomic E-state index is 1.01. The van der Waals surface area contributed by atoms with Gasteiger partial charge in [-0.3, -0.25) is 0 Å². The molecule has 0 aliphatic rings. The Morgan fingerprint density at radius 1 is 0.810 bits per heavy atom. The van der Waals surface area contributed by atoms with Gasteiger partial charge in [-0.05, 0) is 23.3 Å². The zero-order valence-electron chi connectivity index (χ0n) is 11.9. The van der Waals surface area contributed by atoms with Crippen LogP contribution in [-0.2, 0) is 0 Å². The van der Waals surface area contributed by atoms with Gasteiger partial charge in [-0.2, -0.15) is 0 Å². The van der Waals surface area contributed by atoms with E-state index in [1.54, 1.807) is 12.5 Å². The highest BCUT2D eigenvalue weighted by Gasteiger charge is 1.95. The lowest BCUT2D eigenvalue weighted by atomic mass is 10.1. The lowest BCUT2D eigenvalue weighted by molar-refractivity contribution is 1.18. The predicted octanol–water partition coefficient (Wildman–Crippen LogP) is 5.11. The second-order valence-electron chi connectivity index (χ2n) is 4.36. The molecule has 104 valence electrons. The molecule has 0 atom stereocenters. The topological polar surface area (TPSA) is 17.8 Å². The molecule has 21 heavy (non-hydrogen) atoms. The first kappa shape index (κ1) is 14.5. The lowest BCUT2D eigenvalue weighted by Gasteiger charge is -1.96. The number of fused-ring (bicyclic) bond motifs is 1. The first-order valence-electron chi connectivity index (χ1n) is 6.68. The van der Waals surface area contributed by atoms with Gasteiger partial charge in [0.2, 0.25) is 0 Å². The molecule has 0 unspecified atom stereocenters. The number of para-hydroxylation sites is 2. The van der Waals surface area contributed by atoms with E-state index in [0.29, 0.717) is 0 Å². The number of hydrogen-bond donors (Lipinski definition) is 0. The van der Waals surface area contributed by atoms with Crippen molar-refractivity contribution in [3.8, 4) is 0 Å². The van der Waals surface area contributed by atoms with E-state index in [2.05, 4.69) is 24.7 Å². The highest BCUT2D eigenvalue weighted by atomic mass is 15.0. The first-order valence-corrected chi connectivity index (χ1v) is 6.68. The first-order chi connectivity index (χ1) is 10.3. The summed E-state index contributed by atoms with van der Waals surface area (Å²) >= 11 is 0. The summed E-state index contributed by atoms with van der Waals surface area (Å²) < 4.78 is 1.90. The van der Waals surface area contributed by atoms with Crippen molar-refractivity contribution in [2.75, 3.05) is 0 Å². The van der Waals surface area contributed by atoms with Crippen molar-refractivity contribution < 1.29 is 0 Å². The van der Waals surface area contributed by atoms with Crippen LogP contribution >= 0.6 is 0 Å². The number of imidazole rings is 1. The van der Waals surface area contributed by atoms with Crippen molar-refractivity contribution in [3.05, 3.63) is 85.7 Å². The Hall–Kier alpha value is -2.87. The minimum Gasteiger partial charge on any atom is -0.306 e. The summed E-state index contributed by atoms with van der Waals surface area (Å²) in [6.07, 6.45) is 7.17. The van der Waals surface area contributed by atoms with E-state index in [9.17, 15) is 0 Å². The molecule has 2 heteroatoms. The Morgan fingerprint density at radius 3 is 1.95 bits per heavy atom. The molecule has 0 aliphatic heterocycles. The minimum atomic E-state index is 1.01. The molecule has 0 amide bonds. The van der Waals surface area contributed by atoms with Crippen LogP contribution in [0.25, 0.3) is 29.4 Å². The van der Waals surface area contributed by atoms with Crippen LogP contribution < -0.4 is 0 Å². The van der Waals surface area contributed by atoms with Gasteiger partial charge in [-0.25, -0.2) is 4.98 Å². The second kappa shape index (κ2) is 7.06. The van der Waals surface area contributed by atoms with Gasteiger partial charge in [0.1, 0.15) is 0 Å². The molecule has 1 heterocycles. The van der Waals surface area contributed by atoms with E-state index >= 15 is 0 Å². The molecule has 3 rings (SSSR count). The number of nitrogens with zero attached hydrogens (tertiary/aromatic N) is 2. The van der Waals surface area contributed by atoms with E-state index < -0.39 is 0 Å². The maximum absolute atomic E-state index is 4.18. The van der Waals surface area contributed by atoms with Crippen LogP contribution in [0.4, 0.5) is 0 Å². The fourth-order valence-electron chi connectivity index (χ4n) is 2.01. The maximum atomic E-state index is 4.18. The monoisotopic (exact) mass is 274 g/mol. The van der Waals surface area contributed by atoms with Crippen molar-refractivity contribution in [2.24, 2.45) is 0 Å². The molecule has 0 N–H and O–H groups in total. The van der Waals surface area contributed by atoms with E-state index in [0.717, 1.165) is 22.2 Å². The van der Waals surface area contributed by atoms with Crippen LogP contribution in [0, 0.1) is 0 Å². The van der Waals surface area contributed by atoms with Gasteiger partial charge in [0, 0.05) is 6.20 Å². The molecule has 3 aromatic rings. The normalized spacial score (nSPS) is 9.52. The summed E-state index contributed by atoms with van der Waals surface area (Å²) in [5, 5.41) is 0. The van der Waals surface area contributed by atoms with Crippen LogP contribution in [-0.4, -0.2) is 9.55 Å². The number of benzene rings is 2. The fraction of sp³-hybridized carbons (Fsp3) is 0. The van der Waals surface area contributed by atoms with Crippen LogP contribution in [0.5, 0.6) is 0 Å². The van der Waals surface area contributed by atoms with E-state index in [4.69, 9.17) is 0 Å². The van der Waals surface area contributed by atoms with E-state index in [1.165, 1.54) is 0 Å². The Bertz CT molecular complexity index is 739. The Labute approximate surface area is 125 Å². The summed E-state index contributed by atoms with van der Waals surface area (Å²) in [5.41, 5.74) is 4.38. The highest BCUT2D eigenvalue weighted by Crippen LogP contribution is 2.11. The van der Waals surface area contributed by atoms with E-state index in [-0.39, 0.29) is 0 Å². The largest absolute Gasteiger partial charge is 0.306 e. The van der Waals surface area contributed by atoms with Crippen molar-refractivity contribution >= 4 is 29.4 Å². The number of hydrogen-bond acceptors (Lipinski definition) is 1. The van der Waals surface area contributed by atoms with E-state index in [1.807, 2.05) is 65.3 Å². The highest BCUT2D eigenvalue weighted by molar-refractivity contribution is 5.76. The average molecular weight is 274 g/mol. The molecule has 2 nitrogen and oxygen atoms in total. The van der Waals surface area contributed by atoms with Gasteiger partial charge in [-0.15, -0.1) is 0 Å². The Balaban J connectivity index is 0.000000155. The molecular weight excluding hydrogens is 256 g/mol. The molecule has 0 bridgehead atoms. The Morgan fingerprint density at radius 2 is 1.38 bits per heavy atom. The maximum Gasteiger partial charge on any atom is 0.0999 e. The quantitative estimate of drug-likeness (QED) is 0.649. The predicted molar refractivity (Wildman–Crippen MR) is 92.7 cm³/mol. The number of aromatic nitrogens is 2. The second-order valence-corrected chi connectivity index (χ2v) is 4.36. The van der Waals surface area contributed by atoms with Gasteiger partial charge in [0.15, 0.2) is 0 Å². The molecule has 0 radical (unpaired) electrons. The summed E-state index contributed by atoms with van der Waals surface area (Å²) in [4.78, 5) is 4.18. The van der Waals surface area contributed by atoms with Crippen LogP contribution in [0.3, 0.4) is 0 Å². The third-order valence-electron chi connectivity index (χ3n) is 3.11. The zero-order valence-corrected chi connectivity index (χ0v) is 11.9. The molecular formula is C19H18N2. The van der Waals surface area contributed by atoms with Crippen molar-refractivity contribution in [1.82, 2.24) is 9.55 Å². The van der Waals surface area contributed by atoms with Crippen LogP contribution in [0.15, 0.2) is 74.6 Å². The summed E-state index contributed by atoms with van der Waals surface area (Å²) in [6.45, 7) is 11.1. The summed E-state index contributed by atoms with van der Waals surface area (Å²) in [5.74, 6) is 0. The molecule has 0 spiro atoms. The molecule has 0 fully saturated rings. The third kappa shape index (κ3) is 3.37. The average Bonchev–Trinajstić information content (AvgIpc) is 2.98. The van der Waals surface area contributed by atoms with Gasteiger partial charge >= 0.3 is 0 Å². The summed E-state index contributed by atoms with van der Waals surface area (Å²) in [6, 6.07) is 16.0. The zero-order chi connectivity index (χ0) is 15.1. The Kier molecular flexibility index (Phi) is 4.89.